The van der Waals surface area contributed by atoms with E-state index >= 15 is 0 Å². The Kier molecular flexibility index (Phi) is 13.9. The molecule has 0 saturated heterocycles. The molecule has 0 radical (unpaired) electrons. The number of unbranched alkanes of at least 4 members (excludes halogenated alkanes) is 1. The van der Waals surface area contributed by atoms with Crippen LogP contribution in [-0.2, 0) is 17.8 Å². The smallest absolute Gasteiger partial charge is 0.191 e. The molecule has 0 unspecified atom stereocenters. The Balaban J connectivity index is 0.00000450. The molecule has 8 nitrogen and oxygen atoms in total. The highest BCUT2D eigenvalue weighted by Crippen LogP contribution is 2.21. The second-order valence-electron chi connectivity index (χ2n) is 6.83. The van der Waals surface area contributed by atoms with Crippen molar-refractivity contribution in [3.63, 3.8) is 0 Å². The largest absolute Gasteiger partial charge is 0.493 e. The van der Waals surface area contributed by atoms with E-state index in [0.717, 1.165) is 56.2 Å². The standard InChI is InChI=1S/C21H34N6O2.HI/c1-4-22-21(23-10-5-6-11-27-16-25-26-17-27)24-15-19-9-8-18(2)14-20(19)29-13-7-12-28-3;/h8-9,14,16-17H,4-7,10-13,15H2,1-3H3,(H2,22,23,24);1H. The fraction of sp³-hybridized carbons (Fsp3) is 0.571. The first kappa shape index (κ1) is 26.2. The predicted octanol–water partition coefficient (Wildman–Crippen LogP) is 3.16. The number of aryl methyl sites for hydroxylation is 2. The number of aliphatic imine (C=N–C) groups is 1. The van der Waals surface area contributed by atoms with Gasteiger partial charge in [-0.2, -0.15) is 0 Å². The summed E-state index contributed by atoms with van der Waals surface area (Å²) < 4.78 is 13.0. The normalized spacial score (nSPS) is 11.1. The molecule has 2 rings (SSSR count). The second-order valence-corrected chi connectivity index (χ2v) is 6.83. The molecule has 0 bridgehead atoms. The van der Waals surface area contributed by atoms with Crippen LogP contribution in [-0.4, -0.2) is 54.1 Å². The van der Waals surface area contributed by atoms with Crippen molar-refractivity contribution >= 4 is 29.9 Å². The van der Waals surface area contributed by atoms with Crippen LogP contribution in [0, 0.1) is 6.92 Å². The van der Waals surface area contributed by atoms with Crippen LogP contribution in [0.1, 0.15) is 37.3 Å². The number of nitrogens with one attached hydrogen (secondary N) is 2. The Bertz CT molecular complexity index is 724. The van der Waals surface area contributed by atoms with Crippen LogP contribution in [0.15, 0.2) is 35.8 Å². The minimum Gasteiger partial charge on any atom is -0.493 e. The summed E-state index contributed by atoms with van der Waals surface area (Å²) in [6.45, 7) is 8.65. The van der Waals surface area contributed by atoms with Crippen molar-refractivity contribution in [2.45, 2.75) is 46.2 Å². The third kappa shape index (κ3) is 10.2. The van der Waals surface area contributed by atoms with E-state index in [1.54, 1.807) is 19.8 Å². The number of rotatable bonds is 13. The maximum absolute atomic E-state index is 5.96. The first-order valence-corrected chi connectivity index (χ1v) is 10.3. The Labute approximate surface area is 196 Å². The molecule has 0 saturated carbocycles. The maximum Gasteiger partial charge on any atom is 0.191 e. The molecule has 9 heteroatoms. The van der Waals surface area contributed by atoms with Crippen LogP contribution in [0.2, 0.25) is 0 Å². The first-order chi connectivity index (χ1) is 14.2. The molecular weight excluding hydrogens is 495 g/mol. The number of methoxy groups -OCH3 is 1. The zero-order chi connectivity index (χ0) is 20.7. The molecule has 0 amide bonds. The quantitative estimate of drug-likeness (QED) is 0.179. The highest BCUT2D eigenvalue weighted by atomic mass is 127. The number of guanidine groups is 1. The molecule has 1 aromatic heterocycles. The van der Waals surface area contributed by atoms with Gasteiger partial charge in [0.25, 0.3) is 0 Å². The van der Waals surface area contributed by atoms with E-state index in [1.165, 1.54) is 5.56 Å². The van der Waals surface area contributed by atoms with Gasteiger partial charge in [-0.1, -0.05) is 12.1 Å². The lowest BCUT2D eigenvalue weighted by Gasteiger charge is -2.14. The summed E-state index contributed by atoms with van der Waals surface area (Å²) in [6.07, 6.45) is 6.46. The third-order valence-corrected chi connectivity index (χ3v) is 4.33. The highest BCUT2D eigenvalue weighted by Gasteiger charge is 2.05. The summed E-state index contributed by atoms with van der Waals surface area (Å²) in [6, 6.07) is 6.26. The summed E-state index contributed by atoms with van der Waals surface area (Å²) in [5.41, 5.74) is 2.26. The van der Waals surface area contributed by atoms with E-state index in [9.17, 15) is 0 Å². The third-order valence-electron chi connectivity index (χ3n) is 4.33. The number of nitrogens with zero attached hydrogens (tertiary/aromatic N) is 4. The maximum atomic E-state index is 5.96. The minimum atomic E-state index is 0. The van der Waals surface area contributed by atoms with Crippen molar-refractivity contribution in [2.24, 2.45) is 4.99 Å². The fourth-order valence-electron chi connectivity index (χ4n) is 2.78. The Morgan fingerprint density at radius 2 is 1.90 bits per heavy atom. The zero-order valence-electron chi connectivity index (χ0n) is 18.3. The Hall–Kier alpha value is -1.88. The van der Waals surface area contributed by atoms with Crippen molar-refractivity contribution in [1.29, 1.82) is 0 Å². The topological polar surface area (TPSA) is 85.6 Å². The van der Waals surface area contributed by atoms with E-state index in [1.807, 2.05) is 4.57 Å². The fourth-order valence-corrected chi connectivity index (χ4v) is 2.78. The van der Waals surface area contributed by atoms with Gasteiger partial charge in [0.15, 0.2) is 5.96 Å². The predicted molar refractivity (Wildman–Crippen MR) is 131 cm³/mol. The van der Waals surface area contributed by atoms with Crippen LogP contribution >= 0.6 is 24.0 Å². The SMILES string of the molecule is CCNC(=NCc1ccc(C)cc1OCCCOC)NCCCCn1cnnc1.I. The molecule has 0 aliphatic rings. The number of ether oxygens (including phenoxy) is 2. The van der Waals surface area contributed by atoms with Crippen molar-refractivity contribution in [2.75, 3.05) is 33.4 Å². The average Bonchev–Trinajstić information content (AvgIpc) is 3.23. The molecule has 1 aromatic carbocycles. The van der Waals surface area contributed by atoms with Crippen molar-refractivity contribution in [3.8, 4) is 5.75 Å². The molecule has 0 aliphatic heterocycles. The molecule has 168 valence electrons. The number of halogens is 1. The average molecular weight is 530 g/mol. The van der Waals surface area contributed by atoms with Crippen LogP contribution in [0.5, 0.6) is 5.75 Å². The Morgan fingerprint density at radius 3 is 2.63 bits per heavy atom. The van der Waals surface area contributed by atoms with Crippen LogP contribution < -0.4 is 15.4 Å². The van der Waals surface area contributed by atoms with Gasteiger partial charge in [0.2, 0.25) is 0 Å². The summed E-state index contributed by atoms with van der Waals surface area (Å²) in [5, 5.41) is 14.3. The molecule has 2 N–H and O–H groups in total. The van der Waals surface area contributed by atoms with Gasteiger partial charge < -0.3 is 24.7 Å². The Morgan fingerprint density at radius 1 is 1.10 bits per heavy atom. The van der Waals surface area contributed by atoms with E-state index in [4.69, 9.17) is 14.5 Å². The molecule has 30 heavy (non-hydrogen) atoms. The monoisotopic (exact) mass is 530 g/mol. The van der Waals surface area contributed by atoms with Crippen molar-refractivity contribution in [3.05, 3.63) is 42.0 Å². The van der Waals surface area contributed by atoms with Crippen molar-refractivity contribution < 1.29 is 9.47 Å². The van der Waals surface area contributed by atoms with Gasteiger partial charge in [-0.05, 0) is 38.3 Å². The molecule has 1 heterocycles. The zero-order valence-corrected chi connectivity index (χ0v) is 20.6. The molecular formula is C21H35IN6O2. The van der Waals surface area contributed by atoms with E-state index in [-0.39, 0.29) is 24.0 Å². The summed E-state index contributed by atoms with van der Waals surface area (Å²) in [5.74, 6) is 1.72. The second kappa shape index (κ2) is 15.9. The molecule has 0 aliphatic carbocycles. The number of hydrogen-bond donors (Lipinski definition) is 2. The van der Waals surface area contributed by atoms with E-state index in [2.05, 4.69) is 52.9 Å². The van der Waals surface area contributed by atoms with Gasteiger partial charge >= 0.3 is 0 Å². The van der Waals surface area contributed by atoms with Crippen LogP contribution in [0.4, 0.5) is 0 Å². The molecule has 2 aromatic rings. The van der Waals surface area contributed by atoms with E-state index < -0.39 is 0 Å². The lowest BCUT2D eigenvalue weighted by molar-refractivity contribution is 0.172. The molecule has 0 fully saturated rings. The number of aromatic nitrogens is 3. The molecule has 0 atom stereocenters. The van der Waals surface area contributed by atoms with Gasteiger partial charge in [-0.15, -0.1) is 34.2 Å². The lowest BCUT2D eigenvalue weighted by atomic mass is 10.1. The van der Waals surface area contributed by atoms with E-state index in [0.29, 0.717) is 19.8 Å². The highest BCUT2D eigenvalue weighted by molar-refractivity contribution is 14.0. The molecule has 0 spiro atoms. The first-order valence-electron chi connectivity index (χ1n) is 10.3. The van der Waals surface area contributed by atoms with Gasteiger partial charge in [0.05, 0.1) is 13.2 Å². The summed E-state index contributed by atoms with van der Waals surface area (Å²) >= 11 is 0. The summed E-state index contributed by atoms with van der Waals surface area (Å²) in [4.78, 5) is 4.73. The van der Waals surface area contributed by atoms with Crippen LogP contribution in [0.3, 0.4) is 0 Å². The van der Waals surface area contributed by atoms with Gasteiger partial charge in [0, 0.05) is 45.3 Å². The van der Waals surface area contributed by atoms with Crippen LogP contribution in [0.25, 0.3) is 0 Å². The van der Waals surface area contributed by atoms with Gasteiger partial charge in [-0.25, -0.2) is 4.99 Å². The van der Waals surface area contributed by atoms with Crippen molar-refractivity contribution in [1.82, 2.24) is 25.4 Å². The summed E-state index contributed by atoms with van der Waals surface area (Å²) in [7, 11) is 1.71. The van der Waals surface area contributed by atoms with Gasteiger partial charge in [-0.3, -0.25) is 0 Å². The lowest BCUT2D eigenvalue weighted by Crippen LogP contribution is -2.37. The van der Waals surface area contributed by atoms with Gasteiger partial charge in [0.1, 0.15) is 18.4 Å². The number of hydrogen-bond acceptors (Lipinski definition) is 5. The number of benzene rings is 1. The minimum absolute atomic E-state index is 0.